The monoisotopic (exact) mass is 388 g/mol. The number of carbonyl (C=O) groups excluding carboxylic acids is 3. The van der Waals surface area contributed by atoms with Gasteiger partial charge in [0.2, 0.25) is 5.91 Å². The van der Waals surface area contributed by atoms with Crippen LogP contribution < -0.4 is 5.32 Å². The van der Waals surface area contributed by atoms with Crippen LogP contribution in [0.1, 0.15) is 38.3 Å². The Morgan fingerprint density at radius 1 is 1.03 bits per heavy atom. The highest BCUT2D eigenvalue weighted by atomic mass is 16.2. The van der Waals surface area contributed by atoms with Crippen molar-refractivity contribution in [2.75, 3.05) is 11.9 Å². The summed E-state index contributed by atoms with van der Waals surface area (Å²) < 4.78 is 1.82. The van der Waals surface area contributed by atoms with Gasteiger partial charge in [0.15, 0.2) is 0 Å². The normalized spacial score (nSPS) is 12.9. The number of hydrogen-bond donors (Lipinski definition) is 1. The molecule has 2 heterocycles. The molecule has 7 nitrogen and oxygen atoms in total. The van der Waals surface area contributed by atoms with Gasteiger partial charge in [0.25, 0.3) is 11.8 Å². The van der Waals surface area contributed by atoms with Gasteiger partial charge in [-0.25, -0.2) is 0 Å². The van der Waals surface area contributed by atoms with Crippen molar-refractivity contribution >= 4 is 23.4 Å². The Hall–Kier alpha value is -3.74. The number of nitrogens with one attached hydrogen (secondary N) is 1. The highest BCUT2D eigenvalue weighted by Crippen LogP contribution is 2.24. The van der Waals surface area contributed by atoms with Crippen LogP contribution >= 0.6 is 0 Å². The summed E-state index contributed by atoms with van der Waals surface area (Å²) in [5.74, 6) is -0.942. The number of amides is 3. The molecular weight excluding hydrogens is 368 g/mol. The van der Waals surface area contributed by atoms with Crippen LogP contribution in [0.3, 0.4) is 0 Å². The van der Waals surface area contributed by atoms with E-state index < -0.39 is 0 Å². The third-order valence-electron chi connectivity index (χ3n) is 4.83. The van der Waals surface area contributed by atoms with Gasteiger partial charge in [-0.3, -0.25) is 24.0 Å². The zero-order valence-electron chi connectivity index (χ0n) is 16.0. The van der Waals surface area contributed by atoms with Crippen molar-refractivity contribution in [3.8, 4) is 0 Å². The van der Waals surface area contributed by atoms with E-state index in [4.69, 9.17) is 0 Å². The number of aryl methyl sites for hydroxylation is 1. The molecule has 2 aromatic carbocycles. The van der Waals surface area contributed by atoms with Gasteiger partial charge in [-0.1, -0.05) is 23.8 Å². The van der Waals surface area contributed by atoms with Gasteiger partial charge in [0, 0.05) is 31.0 Å². The number of fused-ring (bicyclic) bond motifs is 1. The molecule has 7 heteroatoms. The molecule has 0 aliphatic carbocycles. The minimum atomic E-state index is -0.347. The van der Waals surface area contributed by atoms with Crippen molar-refractivity contribution < 1.29 is 14.4 Å². The Balaban J connectivity index is 1.32. The van der Waals surface area contributed by atoms with E-state index in [0.717, 1.165) is 16.0 Å². The molecule has 1 N–H and O–H groups in total. The van der Waals surface area contributed by atoms with Crippen LogP contribution in [-0.4, -0.2) is 38.9 Å². The van der Waals surface area contributed by atoms with Crippen LogP contribution in [0.25, 0.3) is 0 Å². The Labute approximate surface area is 167 Å². The van der Waals surface area contributed by atoms with E-state index in [1.807, 2.05) is 48.1 Å². The van der Waals surface area contributed by atoms with Crippen molar-refractivity contribution in [3.63, 3.8) is 0 Å². The van der Waals surface area contributed by atoms with Crippen LogP contribution in [0.2, 0.25) is 0 Å². The Bertz CT molecular complexity index is 1070. The molecule has 1 aliphatic heterocycles. The van der Waals surface area contributed by atoms with Gasteiger partial charge in [0.05, 0.1) is 17.7 Å². The lowest BCUT2D eigenvalue weighted by molar-refractivity contribution is -0.116. The van der Waals surface area contributed by atoms with E-state index in [9.17, 15) is 14.4 Å². The molecule has 0 bridgehead atoms. The van der Waals surface area contributed by atoms with Crippen molar-refractivity contribution in [2.24, 2.45) is 0 Å². The largest absolute Gasteiger partial charge is 0.326 e. The van der Waals surface area contributed by atoms with E-state index in [2.05, 4.69) is 10.4 Å². The first-order chi connectivity index (χ1) is 14.0. The summed E-state index contributed by atoms with van der Waals surface area (Å²) in [7, 11) is 0. The fourth-order valence-corrected chi connectivity index (χ4v) is 3.32. The van der Waals surface area contributed by atoms with E-state index in [0.29, 0.717) is 23.4 Å². The van der Waals surface area contributed by atoms with Crippen LogP contribution in [0.5, 0.6) is 0 Å². The molecule has 0 saturated carbocycles. The van der Waals surface area contributed by atoms with Crippen LogP contribution in [0.15, 0.2) is 60.9 Å². The van der Waals surface area contributed by atoms with E-state index in [1.165, 1.54) is 0 Å². The Kier molecular flexibility index (Phi) is 4.95. The predicted molar refractivity (Wildman–Crippen MR) is 108 cm³/mol. The molecule has 0 radical (unpaired) electrons. The van der Waals surface area contributed by atoms with Gasteiger partial charge in [0.1, 0.15) is 0 Å². The number of carbonyl (C=O) groups is 3. The van der Waals surface area contributed by atoms with Gasteiger partial charge in [-0.05, 0) is 42.8 Å². The average Bonchev–Trinajstić information content (AvgIpc) is 3.29. The molecule has 3 aromatic rings. The molecular formula is C22H20N4O3. The summed E-state index contributed by atoms with van der Waals surface area (Å²) in [6, 6.07) is 14.5. The molecule has 0 fully saturated rings. The molecule has 3 amide bonds. The lowest BCUT2D eigenvalue weighted by Crippen LogP contribution is -2.32. The quantitative estimate of drug-likeness (QED) is 0.658. The zero-order chi connectivity index (χ0) is 20.4. The molecule has 0 saturated heterocycles. The van der Waals surface area contributed by atoms with Crippen molar-refractivity contribution in [2.45, 2.75) is 19.9 Å². The van der Waals surface area contributed by atoms with Crippen molar-refractivity contribution in [3.05, 3.63) is 83.2 Å². The van der Waals surface area contributed by atoms with Gasteiger partial charge in [-0.2, -0.15) is 5.10 Å². The number of hydrogen-bond acceptors (Lipinski definition) is 4. The maximum absolute atomic E-state index is 12.5. The number of anilines is 1. The topological polar surface area (TPSA) is 84.3 Å². The number of benzene rings is 2. The second-order valence-corrected chi connectivity index (χ2v) is 7.01. The molecule has 4 rings (SSSR count). The predicted octanol–water partition coefficient (Wildman–Crippen LogP) is 2.86. The lowest BCUT2D eigenvalue weighted by Gasteiger charge is -2.13. The van der Waals surface area contributed by atoms with E-state index >= 15 is 0 Å². The van der Waals surface area contributed by atoms with Crippen molar-refractivity contribution in [1.82, 2.24) is 14.7 Å². The average molecular weight is 388 g/mol. The summed E-state index contributed by atoms with van der Waals surface area (Å²) in [6.45, 7) is 2.57. The highest BCUT2D eigenvalue weighted by Gasteiger charge is 2.35. The fourth-order valence-electron chi connectivity index (χ4n) is 3.32. The standard InChI is InChI=1S/C22H20N4O3/c1-15-3-8-18-19(13-15)22(29)26(21(18)28)12-9-20(27)24-17-6-4-16(5-7-17)14-25-11-2-10-23-25/h2-8,10-11,13H,9,12,14H2,1H3,(H,24,27). The molecule has 0 atom stereocenters. The molecule has 0 unspecified atom stereocenters. The summed E-state index contributed by atoms with van der Waals surface area (Å²) in [6.07, 6.45) is 3.65. The third-order valence-corrected chi connectivity index (χ3v) is 4.83. The first kappa shape index (κ1) is 18.6. The number of imide groups is 1. The first-order valence-corrected chi connectivity index (χ1v) is 9.34. The molecule has 1 aromatic heterocycles. The minimum absolute atomic E-state index is 0.0412. The van der Waals surface area contributed by atoms with Crippen LogP contribution in [-0.2, 0) is 11.3 Å². The molecule has 1 aliphatic rings. The first-order valence-electron chi connectivity index (χ1n) is 9.34. The van der Waals surface area contributed by atoms with E-state index in [-0.39, 0.29) is 30.7 Å². The summed E-state index contributed by atoms with van der Waals surface area (Å²) in [4.78, 5) is 38.3. The Morgan fingerprint density at radius 3 is 2.52 bits per heavy atom. The summed E-state index contributed by atoms with van der Waals surface area (Å²) >= 11 is 0. The van der Waals surface area contributed by atoms with Crippen molar-refractivity contribution in [1.29, 1.82) is 0 Å². The zero-order valence-corrected chi connectivity index (χ0v) is 16.0. The maximum Gasteiger partial charge on any atom is 0.261 e. The Morgan fingerprint density at radius 2 is 1.79 bits per heavy atom. The fraction of sp³-hybridized carbons (Fsp3) is 0.182. The lowest BCUT2D eigenvalue weighted by atomic mass is 10.1. The van der Waals surface area contributed by atoms with Crippen LogP contribution in [0.4, 0.5) is 5.69 Å². The third kappa shape index (κ3) is 3.94. The number of nitrogens with zero attached hydrogens (tertiary/aromatic N) is 3. The molecule has 0 spiro atoms. The second kappa shape index (κ2) is 7.71. The number of aromatic nitrogens is 2. The maximum atomic E-state index is 12.5. The van der Waals surface area contributed by atoms with Gasteiger partial charge < -0.3 is 5.32 Å². The van der Waals surface area contributed by atoms with E-state index in [1.54, 1.807) is 24.4 Å². The summed E-state index contributed by atoms with van der Waals surface area (Å²) in [5, 5.41) is 6.96. The van der Waals surface area contributed by atoms with Gasteiger partial charge in [-0.15, -0.1) is 0 Å². The second-order valence-electron chi connectivity index (χ2n) is 7.01. The number of rotatable bonds is 6. The minimum Gasteiger partial charge on any atom is -0.326 e. The van der Waals surface area contributed by atoms with Crippen LogP contribution in [0, 0.1) is 6.92 Å². The SMILES string of the molecule is Cc1ccc2c(c1)C(=O)N(CCC(=O)Nc1ccc(Cn3cccn3)cc1)C2=O. The highest BCUT2D eigenvalue weighted by molar-refractivity contribution is 6.21. The smallest absolute Gasteiger partial charge is 0.261 e. The molecule has 146 valence electrons. The van der Waals surface area contributed by atoms with Gasteiger partial charge >= 0.3 is 0 Å². The summed E-state index contributed by atoms with van der Waals surface area (Å²) in [5.41, 5.74) is 3.45. The molecule has 29 heavy (non-hydrogen) atoms.